The summed E-state index contributed by atoms with van der Waals surface area (Å²) in [5, 5.41) is 2.88. The zero-order valence-corrected chi connectivity index (χ0v) is 14.8. The van der Waals surface area contributed by atoms with E-state index < -0.39 is 5.76 Å². The molecule has 1 amide bonds. The van der Waals surface area contributed by atoms with Crippen LogP contribution < -0.4 is 5.32 Å². The number of fused-ring (bicyclic) bond motifs is 2. The lowest BCUT2D eigenvalue weighted by Crippen LogP contribution is -2.27. The molecule has 0 spiro atoms. The predicted octanol–water partition coefficient (Wildman–Crippen LogP) is 3.54. The lowest BCUT2D eigenvalue weighted by molar-refractivity contribution is -0.121. The molecule has 2 aromatic carbocycles. The second-order valence-electron chi connectivity index (χ2n) is 5.83. The van der Waals surface area contributed by atoms with Crippen molar-refractivity contribution in [2.45, 2.75) is 24.0 Å². The van der Waals surface area contributed by atoms with Crippen LogP contribution in [-0.4, -0.2) is 31.2 Å². The van der Waals surface area contributed by atoms with Gasteiger partial charge in [-0.3, -0.25) is 4.79 Å². The minimum Gasteiger partial charge on any atom is -0.347 e. The van der Waals surface area contributed by atoms with Crippen LogP contribution in [-0.2, 0) is 17.9 Å². The van der Waals surface area contributed by atoms with Crippen LogP contribution >= 0.6 is 11.8 Å². The molecule has 0 fully saturated rings. The molecule has 6 nitrogen and oxygen atoms in total. The van der Waals surface area contributed by atoms with Gasteiger partial charge in [-0.2, -0.15) is 8.78 Å². The van der Waals surface area contributed by atoms with Crippen LogP contribution in [0.4, 0.5) is 8.78 Å². The Morgan fingerprint density at radius 2 is 1.85 bits per heavy atom. The molecule has 0 bridgehead atoms. The Morgan fingerprint density at radius 3 is 2.63 bits per heavy atom. The van der Waals surface area contributed by atoms with Gasteiger partial charge in [0.15, 0.2) is 5.16 Å². The Bertz CT molecular complexity index is 1070. The molecular formula is C18H15F2N5OS. The van der Waals surface area contributed by atoms with Gasteiger partial charge in [0.2, 0.25) is 5.91 Å². The molecular weight excluding hydrogens is 372 g/mol. The molecule has 2 aromatic heterocycles. The number of carbonyl (C=O) groups is 1. The van der Waals surface area contributed by atoms with Gasteiger partial charge in [0.1, 0.15) is 12.4 Å². The maximum absolute atomic E-state index is 12.8. The number of nitrogens with one attached hydrogen (secondary N) is 2. The summed E-state index contributed by atoms with van der Waals surface area (Å²) in [6.07, 6.45) is 0. The molecule has 27 heavy (non-hydrogen) atoms. The third-order valence-electron chi connectivity index (χ3n) is 4.01. The zero-order valence-electron chi connectivity index (χ0n) is 14.0. The highest BCUT2D eigenvalue weighted by molar-refractivity contribution is 7.99. The molecule has 0 atom stereocenters. The van der Waals surface area contributed by atoms with Crippen LogP contribution in [0.1, 0.15) is 5.82 Å². The molecule has 0 unspecified atom stereocenters. The molecule has 9 heteroatoms. The average molecular weight is 387 g/mol. The van der Waals surface area contributed by atoms with Gasteiger partial charge in [-0.25, -0.2) is 9.97 Å². The van der Waals surface area contributed by atoms with E-state index in [1.54, 1.807) is 24.3 Å². The number of halogens is 2. The van der Waals surface area contributed by atoms with Gasteiger partial charge in [-0.1, -0.05) is 24.3 Å². The number of rotatable bonds is 6. The van der Waals surface area contributed by atoms with Crippen LogP contribution in [0.3, 0.4) is 0 Å². The van der Waals surface area contributed by atoms with Crippen molar-refractivity contribution in [3.63, 3.8) is 0 Å². The Balaban J connectivity index is 1.50. The smallest absolute Gasteiger partial charge is 0.291 e. The number of nitrogens with zero attached hydrogens (tertiary/aromatic N) is 3. The Morgan fingerprint density at radius 1 is 1.11 bits per heavy atom. The Hall–Kier alpha value is -2.94. The number of hydrogen-bond acceptors (Lipinski definition) is 4. The van der Waals surface area contributed by atoms with E-state index >= 15 is 0 Å². The maximum Gasteiger partial charge on any atom is 0.291 e. The molecule has 2 heterocycles. The van der Waals surface area contributed by atoms with Crippen LogP contribution in [0.15, 0.2) is 53.7 Å². The van der Waals surface area contributed by atoms with Crippen molar-refractivity contribution in [3.05, 3.63) is 54.4 Å². The van der Waals surface area contributed by atoms with E-state index in [1.807, 2.05) is 24.3 Å². The molecule has 0 aliphatic rings. The second kappa shape index (κ2) is 7.36. The number of alkyl halides is 2. The van der Waals surface area contributed by atoms with Gasteiger partial charge >= 0.3 is 0 Å². The lowest BCUT2D eigenvalue weighted by Gasteiger charge is -2.09. The molecule has 0 aliphatic carbocycles. The number of aromatic amines is 1. The number of aromatic nitrogens is 4. The van der Waals surface area contributed by atoms with Crippen molar-refractivity contribution in [2.24, 2.45) is 0 Å². The largest absolute Gasteiger partial charge is 0.347 e. The summed E-state index contributed by atoms with van der Waals surface area (Å²) < 4.78 is 27.2. The molecule has 2 N–H and O–H groups in total. The third kappa shape index (κ3) is 3.77. The third-order valence-corrected chi connectivity index (χ3v) is 4.71. The molecule has 138 valence electrons. The van der Waals surface area contributed by atoms with Gasteiger partial charge in [0.25, 0.3) is 5.76 Å². The predicted molar refractivity (Wildman–Crippen MR) is 99.5 cm³/mol. The number of carbonyl (C=O) groups excluding carboxylic acids is 1. The Labute approximate surface area is 157 Å². The highest BCUT2D eigenvalue weighted by Crippen LogP contribution is 2.28. The maximum atomic E-state index is 12.8. The van der Waals surface area contributed by atoms with Crippen molar-refractivity contribution in [1.29, 1.82) is 0 Å². The number of thioether (sulfide) groups is 1. The minimum absolute atomic E-state index is 0.101. The second-order valence-corrected chi connectivity index (χ2v) is 6.78. The van der Waals surface area contributed by atoms with E-state index in [0.29, 0.717) is 28.6 Å². The molecule has 4 rings (SSSR count). The highest BCUT2D eigenvalue weighted by atomic mass is 32.2. The number of para-hydroxylation sites is 4. The molecule has 0 radical (unpaired) electrons. The summed E-state index contributed by atoms with van der Waals surface area (Å²) >= 11 is 0.330. The van der Waals surface area contributed by atoms with E-state index in [-0.39, 0.29) is 24.2 Å². The lowest BCUT2D eigenvalue weighted by atomic mass is 10.3. The summed E-state index contributed by atoms with van der Waals surface area (Å²) in [5.41, 5.74) is 2.92. The summed E-state index contributed by atoms with van der Waals surface area (Å²) in [6, 6.07) is 14.6. The van der Waals surface area contributed by atoms with Crippen molar-refractivity contribution in [2.75, 3.05) is 0 Å². The summed E-state index contributed by atoms with van der Waals surface area (Å²) in [6.45, 7) is 0.118. The summed E-state index contributed by atoms with van der Waals surface area (Å²) in [7, 11) is 0. The summed E-state index contributed by atoms with van der Waals surface area (Å²) in [5.74, 6) is -2.30. The van der Waals surface area contributed by atoms with Crippen molar-refractivity contribution in [1.82, 2.24) is 24.8 Å². The number of imidazole rings is 2. The van der Waals surface area contributed by atoms with Crippen molar-refractivity contribution >= 4 is 39.7 Å². The minimum atomic E-state index is -2.61. The van der Waals surface area contributed by atoms with E-state index in [0.717, 1.165) is 11.0 Å². The molecule has 0 saturated carbocycles. The van der Waals surface area contributed by atoms with Crippen LogP contribution in [0.2, 0.25) is 0 Å². The van der Waals surface area contributed by atoms with Crippen molar-refractivity contribution < 1.29 is 13.6 Å². The van der Waals surface area contributed by atoms with Crippen LogP contribution in [0.25, 0.3) is 22.1 Å². The Kier molecular flexibility index (Phi) is 4.76. The van der Waals surface area contributed by atoms with E-state index in [9.17, 15) is 13.6 Å². The molecule has 4 aromatic rings. The fourth-order valence-electron chi connectivity index (χ4n) is 2.85. The van der Waals surface area contributed by atoms with Crippen LogP contribution in [0.5, 0.6) is 0 Å². The topological polar surface area (TPSA) is 75.6 Å². The standard InChI is InChI=1S/C18H15F2N5OS/c19-17(20)27-18-24-13-7-3-4-8-14(13)25(18)10-16(26)21-9-15-22-11-5-1-2-6-12(11)23-15/h1-8,17H,9-10H2,(H,21,26)(H,22,23). The first-order valence-electron chi connectivity index (χ1n) is 8.20. The fraction of sp³-hybridized carbons (Fsp3) is 0.167. The quantitative estimate of drug-likeness (QED) is 0.496. The van der Waals surface area contributed by atoms with E-state index in [2.05, 4.69) is 20.3 Å². The highest BCUT2D eigenvalue weighted by Gasteiger charge is 2.17. The number of amides is 1. The van der Waals surface area contributed by atoms with Gasteiger partial charge < -0.3 is 14.9 Å². The van der Waals surface area contributed by atoms with Crippen LogP contribution in [0, 0.1) is 0 Å². The summed E-state index contributed by atoms with van der Waals surface area (Å²) in [4.78, 5) is 24.1. The van der Waals surface area contributed by atoms with Crippen molar-refractivity contribution in [3.8, 4) is 0 Å². The first kappa shape index (κ1) is 17.5. The monoisotopic (exact) mass is 387 g/mol. The van der Waals surface area contributed by atoms with Gasteiger partial charge in [0, 0.05) is 0 Å². The zero-order chi connectivity index (χ0) is 18.8. The van der Waals surface area contributed by atoms with Gasteiger partial charge in [-0.05, 0) is 36.0 Å². The van der Waals surface area contributed by atoms with E-state index in [1.165, 1.54) is 4.57 Å². The SMILES string of the molecule is O=C(Cn1c(SC(F)F)nc2ccccc21)NCc1nc2ccccc2[nH]1. The van der Waals surface area contributed by atoms with E-state index in [4.69, 9.17) is 0 Å². The first-order valence-corrected chi connectivity index (χ1v) is 9.08. The van der Waals surface area contributed by atoms with Gasteiger partial charge in [-0.15, -0.1) is 0 Å². The number of H-pyrrole nitrogens is 1. The number of benzene rings is 2. The molecule has 0 aliphatic heterocycles. The fourth-order valence-corrected chi connectivity index (χ4v) is 3.45. The normalized spacial score (nSPS) is 11.5. The average Bonchev–Trinajstić information content (AvgIpc) is 3.21. The van der Waals surface area contributed by atoms with Gasteiger partial charge in [0.05, 0.1) is 28.6 Å². The molecule has 0 saturated heterocycles. The first-order chi connectivity index (χ1) is 13.1. The number of hydrogen-bond donors (Lipinski definition) is 2.